The van der Waals surface area contributed by atoms with Crippen LogP contribution in [-0.4, -0.2) is 14.8 Å². The van der Waals surface area contributed by atoms with Crippen molar-refractivity contribution in [3.8, 4) is 0 Å². The van der Waals surface area contributed by atoms with Crippen LogP contribution in [0.5, 0.6) is 0 Å². The average molecular weight is 281 g/mol. The van der Waals surface area contributed by atoms with E-state index in [1.807, 2.05) is 17.7 Å². The van der Waals surface area contributed by atoms with Gasteiger partial charge in [0, 0.05) is 17.2 Å². The summed E-state index contributed by atoms with van der Waals surface area (Å²) < 4.78 is 3.00. The standard InChI is InChI=1S/C11H13BrN4/c1-8-5-9(12)3-4-10(8)13-6-11-15-14-7-16(11)2/h3-5,7,13H,6H2,1-2H3. The van der Waals surface area contributed by atoms with Crippen LogP contribution in [0.25, 0.3) is 0 Å². The predicted octanol–water partition coefficient (Wildman–Crippen LogP) is 2.50. The molecule has 0 aliphatic heterocycles. The highest BCUT2D eigenvalue weighted by Gasteiger charge is 2.02. The second kappa shape index (κ2) is 4.65. The Labute approximate surface area is 103 Å². The van der Waals surface area contributed by atoms with Crippen LogP contribution in [0, 0.1) is 6.92 Å². The minimum atomic E-state index is 0.680. The van der Waals surface area contributed by atoms with E-state index >= 15 is 0 Å². The van der Waals surface area contributed by atoms with Gasteiger partial charge in [-0.15, -0.1) is 10.2 Å². The van der Waals surface area contributed by atoms with Gasteiger partial charge < -0.3 is 9.88 Å². The Hall–Kier alpha value is -1.36. The van der Waals surface area contributed by atoms with Crippen molar-refractivity contribution in [2.24, 2.45) is 7.05 Å². The van der Waals surface area contributed by atoms with Crippen molar-refractivity contribution in [3.63, 3.8) is 0 Å². The molecular formula is C11H13BrN4. The number of hydrogen-bond acceptors (Lipinski definition) is 3. The largest absolute Gasteiger partial charge is 0.378 e. The number of rotatable bonds is 3. The fourth-order valence-corrected chi connectivity index (χ4v) is 1.94. The number of anilines is 1. The number of nitrogens with zero attached hydrogens (tertiary/aromatic N) is 3. The molecule has 16 heavy (non-hydrogen) atoms. The first-order valence-corrected chi connectivity index (χ1v) is 5.79. The average Bonchev–Trinajstić information content (AvgIpc) is 2.63. The molecule has 2 aromatic rings. The summed E-state index contributed by atoms with van der Waals surface area (Å²) in [7, 11) is 1.94. The van der Waals surface area contributed by atoms with Gasteiger partial charge in [0.1, 0.15) is 6.33 Å². The lowest BCUT2D eigenvalue weighted by Crippen LogP contribution is -2.06. The third-order valence-electron chi connectivity index (χ3n) is 2.43. The number of aryl methyl sites for hydroxylation is 2. The molecule has 0 spiro atoms. The highest BCUT2D eigenvalue weighted by molar-refractivity contribution is 9.10. The minimum absolute atomic E-state index is 0.680. The molecule has 0 unspecified atom stereocenters. The second-order valence-electron chi connectivity index (χ2n) is 3.67. The van der Waals surface area contributed by atoms with E-state index in [9.17, 15) is 0 Å². The topological polar surface area (TPSA) is 42.7 Å². The monoisotopic (exact) mass is 280 g/mol. The summed E-state index contributed by atoms with van der Waals surface area (Å²) in [6.45, 7) is 2.75. The van der Waals surface area contributed by atoms with Gasteiger partial charge in [-0.05, 0) is 30.7 Å². The van der Waals surface area contributed by atoms with Crippen molar-refractivity contribution in [2.75, 3.05) is 5.32 Å². The highest BCUT2D eigenvalue weighted by Crippen LogP contribution is 2.20. The Balaban J connectivity index is 2.08. The summed E-state index contributed by atoms with van der Waals surface area (Å²) in [5.41, 5.74) is 2.32. The molecule has 1 heterocycles. The fourth-order valence-electron chi connectivity index (χ4n) is 1.47. The highest BCUT2D eigenvalue weighted by atomic mass is 79.9. The van der Waals surface area contributed by atoms with Crippen molar-refractivity contribution >= 4 is 21.6 Å². The first kappa shape index (κ1) is 11.1. The van der Waals surface area contributed by atoms with Gasteiger partial charge in [0.25, 0.3) is 0 Å². The van der Waals surface area contributed by atoms with Gasteiger partial charge in [-0.25, -0.2) is 0 Å². The van der Waals surface area contributed by atoms with Crippen molar-refractivity contribution in [1.29, 1.82) is 0 Å². The summed E-state index contributed by atoms with van der Waals surface area (Å²) >= 11 is 3.44. The molecule has 0 amide bonds. The molecule has 4 nitrogen and oxygen atoms in total. The summed E-state index contributed by atoms with van der Waals surface area (Å²) in [6, 6.07) is 6.15. The van der Waals surface area contributed by atoms with Gasteiger partial charge in [-0.1, -0.05) is 15.9 Å². The molecule has 1 aromatic heterocycles. The van der Waals surface area contributed by atoms with Crippen LogP contribution < -0.4 is 5.32 Å². The molecule has 84 valence electrons. The van der Waals surface area contributed by atoms with Gasteiger partial charge in [-0.3, -0.25) is 0 Å². The summed E-state index contributed by atoms with van der Waals surface area (Å²) in [6.07, 6.45) is 1.70. The Morgan fingerprint density at radius 3 is 2.88 bits per heavy atom. The lowest BCUT2D eigenvalue weighted by molar-refractivity contribution is 0.812. The lowest BCUT2D eigenvalue weighted by Gasteiger charge is -2.09. The third-order valence-corrected chi connectivity index (χ3v) is 2.92. The first-order valence-electron chi connectivity index (χ1n) is 4.99. The quantitative estimate of drug-likeness (QED) is 0.940. The van der Waals surface area contributed by atoms with Gasteiger partial charge in [-0.2, -0.15) is 0 Å². The molecule has 0 aliphatic rings. The number of hydrogen-bond donors (Lipinski definition) is 1. The number of benzene rings is 1. The van der Waals surface area contributed by atoms with E-state index in [1.165, 1.54) is 5.56 Å². The molecule has 1 N–H and O–H groups in total. The maximum absolute atomic E-state index is 4.02. The normalized spacial score (nSPS) is 10.4. The molecule has 0 fully saturated rings. The molecule has 2 rings (SSSR count). The van der Waals surface area contributed by atoms with Crippen LogP contribution in [-0.2, 0) is 13.6 Å². The smallest absolute Gasteiger partial charge is 0.151 e. The predicted molar refractivity (Wildman–Crippen MR) is 67.2 cm³/mol. The van der Waals surface area contributed by atoms with Gasteiger partial charge in [0.15, 0.2) is 5.82 Å². The zero-order valence-corrected chi connectivity index (χ0v) is 10.8. The summed E-state index contributed by atoms with van der Waals surface area (Å²) in [5, 5.41) is 11.2. The van der Waals surface area contributed by atoms with E-state index in [1.54, 1.807) is 6.33 Å². The van der Waals surface area contributed by atoms with Gasteiger partial charge >= 0.3 is 0 Å². The summed E-state index contributed by atoms with van der Waals surface area (Å²) in [4.78, 5) is 0. The van der Waals surface area contributed by atoms with Crippen molar-refractivity contribution in [1.82, 2.24) is 14.8 Å². The maximum atomic E-state index is 4.02. The Morgan fingerprint density at radius 1 is 1.44 bits per heavy atom. The molecule has 5 heteroatoms. The lowest BCUT2D eigenvalue weighted by atomic mass is 10.2. The van der Waals surface area contributed by atoms with Crippen LogP contribution >= 0.6 is 15.9 Å². The molecule has 0 radical (unpaired) electrons. The Kier molecular flexibility index (Phi) is 3.24. The fraction of sp³-hybridized carbons (Fsp3) is 0.273. The van der Waals surface area contributed by atoms with Crippen LogP contribution in [0.4, 0.5) is 5.69 Å². The maximum Gasteiger partial charge on any atom is 0.151 e. The zero-order valence-electron chi connectivity index (χ0n) is 9.24. The zero-order chi connectivity index (χ0) is 11.5. The molecule has 0 saturated carbocycles. The molecular weight excluding hydrogens is 268 g/mol. The number of halogens is 1. The van der Waals surface area contributed by atoms with Crippen LogP contribution in [0.1, 0.15) is 11.4 Å². The first-order chi connectivity index (χ1) is 7.66. The van der Waals surface area contributed by atoms with Crippen LogP contribution in [0.3, 0.4) is 0 Å². The van der Waals surface area contributed by atoms with E-state index in [0.717, 1.165) is 16.0 Å². The van der Waals surface area contributed by atoms with E-state index in [2.05, 4.69) is 50.5 Å². The van der Waals surface area contributed by atoms with E-state index in [4.69, 9.17) is 0 Å². The van der Waals surface area contributed by atoms with E-state index in [0.29, 0.717) is 6.54 Å². The van der Waals surface area contributed by atoms with Crippen molar-refractivity contribution < 1.29 is 0 Å². The van der Waals surface area contributed by atoms with Crippen molar-refractivity contribution in [3.05, 3.63) is 40.4 Å². The Bertz CT molecular complexity index is 492. The van der Waals surface area contributed by atoms with E-state index in [-0.39, 0.29) is 0 Å². The molecule has 0 atom stereocenters. The molecule has 0 saturated heterocycles. The van der Waals surface area contributed by atoms with Gasteiger partial charge in [0.2, 0.25) is 0 Å². The van der Waals surface area contributed by atoms with Crippen LogP contribution in [0.2, 0.25) is 0 Å². The van der Waals surface area contributed by atoms with Gasteiger partial charge in [0.05, 0.1) is 6.54 Å². The molecule has 0 aliphatic carbocycles. The SMILES string of the molecule is Cc1cc(Br)ccc1NCc1nncn1C. The third kappa shape index (κ3) is 2.41. The summed E-state index contributed by atoms with van der Waals surface area (Å²) in [5.74, 6) is 0.919. The second-order valence-corrected chi connectivity index (χ2v) is 4.59. The molecule has 1 aromatic carbocycles. The molecule has 0 bridgehead atoms. The van der Waals surface area contributed by atoms with E-state index < -0.39 is 0 Å². The number of nitrogens with one attached hydrogen (secondary N) is 1. The Morgan fingerprint density at radius 2 is 2.25 bits per heavy atom. The van der Waals surface area contributed by atoms with Crippen molar-refractivity contribution in [2.45, 2.75) is 13.5 Å². The minimum Gasteiger partial charge on any atom is -0.378 e. The number of aromatic nitrogens is 3. The van der Waals surface area contributed by atoms with Crippen LogP contribution in [0.15, 0.2) is 29.0 Å².